The van der Waals surface area contributed by atoms with Gasteiger partial charge in [0.25, 0.3) is 0 Å². The number of benzene rings is 1. The smallest absolute Gasteiger partial charge is 0.436 e. The highest BCUT2D eigenvalue weighted by Gasteiger charge is 2.47. The Balaban J connectivity index is 2.06. The van der Waals surface area contributed by atoms with Crippen molar-refractivity contribution in [2.24, 2.45) is 0 Å². The molecule has 1 aromatic heterocycles. The summed E-state index contributed by atoms with van der Waals surface area (Å²) in [6, 6.07) is 0. The van der Waals surface area contributed by atoms with Gasteiger partial charge < -0.3 is 9.84 Å². The number of ether oxygens (including phenoxy) is 1. The highest BCUT2D eigenvalue weighted by Crippen LogP contribution is 2.42. The van der Waals surface area contributed by atoms with Crippen LogP contribution in [0.1, 0.15) is 51.0 Å². The average molecular weight is 345 g/mol. The van der Waals surface area contributed by atoms with Crippen LogP contribution in [-0.2, 0) is 6.42 Å². The Kier molecular flexibility index (Phi) is 3.95. The Labute approximate surface area is 146 Å². The lowest BCUT2D eigenvalue weighted by Crippen LogP contribution is -2.59. The summed E-state index contributed by atoms with van der Waals surface area (Å²) in [6.45, 7) is 11.4. The molecule has 1 aliphatic rings. The van der Waals surface area contributed by atoms with Gasteiger partial charge in [0.15, 0.2) is 0 Å². The average Bonchev–Trinajstić information content (AvgIpc) is 2.89. The molecule has 0 aliphatic carbocycles. The molecule has 1 aromatic carbocycles. The van der Waals surface area contributed by atoms with E-state index in [2.05, 4.69) is 0 Å². The number of rotatable bonds is 1. The maximum Gasteiger partial charge on any atom is 0.436 e. The van der Waals surface area contributed by atoms with Gasteiger partial charge >= 0.3 is 5.91 Å². The van der Waals surface area contributed by atoms with Crippen LogP contribution in [0.15, 0.2) is 5.51 Å². The number of aryl methyl sites for hydroxylation is 1. The van der Waals surface area contributed by atoms with Gasteiger partial charge in [0.05, 0.1) is 4.88 Å². The van der Waals surface area contributed by atoms with E-state index in [1.165, 1.54) is 0 Å². The molecule has 1 aliphatic heterocycles. The molecule has 0 bridgehead atoms. The van der Waals surface area contributed by atoms with E-state index in [9.17, 15) is 9.90 Å². The molecule has 2 heterocycles. The summed E-state index contributed by atoms with van der Waals surface area (Å²) in [5, 5.41) is 12.3. The number of fused-ring (bicyclic) bond motifs is 1. The summed E-state index contributed by atoms with van der Waals surface area (Å²) in [6.07, 6.45) is 1.26. The molecule has 0 saturated carbocycles. The van der Waals surface area contributed by atoms with E-state index in [0.717, 1.165) is 33.0 Å². The summed E-state index contributed by atoms with van der Waals surface area (Å²) < 4.78 is 7.94. The van der Waals surface area contributed by atoms with Gasteiger partial charge in [0.2, 0.25) is 16.8 Å². The molecule has 128 valence electrons. The first kappa shape index (κ1) is 17.0. The zero-order chi connectivity index (χ0) is 17.8. The highest BCUT2D eigenvalue weighted by molar-refractivity contribution is 7.09. The fourth-order valence-electron chi connectivity index (χ4n) is 3.31. The first-order valence-corrected chi connectivity index (χ1v) is 9.05. The van der Waals surface area contributed by atoms with E-state index in [1.807, 2.05) is 47.1 Å². The number of carbonyl (C=O) groups is 1. The zero-order valence-corrected chi connectivity index (χ0v) is 15.9. The number of nitrogens with zero attached hydrogens (tertiary/aromatic N) is 1. The van der Waals surface area contributed by atoms with Crippen molar-refractivity contribution in [3.63, 3.8) is 0 Å². The summed E-state index contributed by atoms with van der Waals surface area (Å²) >= 11 is 1.56. The van der Waals surface area contributed by atoms with E-state index >= 15 is 0 Å². The van der Waals surface area contributed by atoms with Crippen molar-refractivity contribution >= 4 is 17.2 Å². The molecule has 3 rings (SSSR count). The fourth-order valence-corrected chi connectivity index (χ4v) is 4.09. The predicted octanol–water partition coefficient (Wildman–Crippen LogP) is 3.08. The first-order valence-electron chi connectivity index (χ1n) is 8.17. The minimum absolute atomic E-state index is 0.0455. The second-order valence-corrected chi connectivity index (χ2v) is 7.94. The van der Waals surface area contributed by atoms with Crippen LogP contribution >= 0.6 is 11.3 Å². The molecule has 0 radical (unpaired) electrons. The van der Waals surface area contributed by atoms with E-state index in [-0.39, 0.29) is 11.7 Å². The lowest BCUT2D eigenvalue weighted by atomic mass is 9.86. The van der Waals surface area contributed by atoms with Gasteiger partial charge in [0, 0.05) is 13.3 Å². The van der Waals surface area contributed by atoms with E-state index in [4.69, 9.17) is 4.74 Å². The standard InChI is InChI=1S/C19H23NO3S/c1-10-11(2)17-15(12(3)16(10)21)7-8-19(6,23-17)18(22)20-9-24-14(5)13(20)4/h9H,7-8H2,1-6H3. The summed E-state index contributed by atoms with van der Waals surface area (Å²) in [5.74, 6) is 0.760. The number of carbonyl (C=O) groups excluding carboxylic acids is 1. The fraction of sp³-hybridized carbons (Fsp3) is 0.474. The number of aromatic nitrogens is 1. The van der Waals surface area contributed by atoms with Crippen molar-refractivity contribution in [3.05, 3.63) is 38.3 Å². The molecule has 0 amide bonds. The van der Waals surface area contributed by atoms with E-state index < -0.39 is 5.60 Å². The Morgan fingerprint density at radius 2 is 1.88 bits per heavy atom. The van der Waals surface area contributed by atoms with Gasteiger partial charge in [-0.3, -0.25) is 0 Å². The maximum absolute atomic E-state index is 13.1. The molecule has 0 spiro atoms. The molecular weight excluding hydrogens is 322 g/mol. The van der Waals surface area contributed by atoms with Crippen LogP contribution < -0.4 is 14.4 Å². The molecular formula is C19H23NO3S. The van der Waals surface area contributed by atoms with E-state index in [0.29, 0.717) is 18.4 Å². The molecule has 1 unspecified atom stereocenters. The monoisotopic (exact) mass is 345 g/mol. The van der Waals surface area contributed by atoms with Crippen molar-refractivity contribution in [1.29, 1.82) is 0 Å². The Bertz CT molecular complexity index is 853. The second-order valence-electron chi connectivity index (χ2n) is 6.88. The van der Waals surface area contributed by atoms with Crippen molar-refractivity contribution in [2.75, 3.05) is 0 Å². The minimum atomic E-state index is -0.913. The molecule has 0 saturated heterocycles. The van der Waals surface area contributed by atoms with Gasteiger partial charge in [-0.15, -0.1) is 10.3 Å². The first-order chi connectivity index (χ1) is 11.2. The van der Waals surface area contributed by atoms with Gasteiger partial charge in [-0.25, -0.2) is 4.79 Å². The Hall–Kier alpha value is -1.88. The third kappa shape index (κ3) is 2.34. The molecule has 24 heavy (non-hydrogen) atoms. The quantitative estimate of drug-likeness (QED) is 0.747. The molecule has 0 N–H and O–H groups in total. The van der Waals surface area contributed by atoms with Crippen LogP contribution in [-0.4, -0.2) is 11.5 Å². The SMILES string of the molecule is Cc1sc[n+](C(=O)C2(C)CCc3c(C)c([O-])c(C)c(C)c3O2)c1C. The zero-order valence-electron chi connectivity index (χ0n) is 15.1. The number of hydrogen-bond acceptors (Lipinski definition) is 4. The van der Waals surface area contributed by atoms with Crippen LogP contribution in [0.4, 0.5) is 0 Å². The highest BCUT2D eigenvalue weighted by atomic mass is 32.1. The lowest BCUT2D eigenvalue weighted by Gasteiger charge is -2.35. The largest absolute Gasteiger partial charge is 0.872 e. The van der Waals surface area contributed by atoms with Gasteiger partial charge in [-0.1, -0.05) is 22.5 Å². The minimum Gasteiger partial charge on any atom is -0.872 e. The molecule has 1 atom stereocenters. The Morgan fingerprint density at radius 3 is 2.46 bits per heavy atom. The van der Waals surface area contributed by atoms with Gasteiger partial charge in [-0.2, -0.15) is 0 Å². The predicted molar refractivity (Wildman–Crippen MR) is 92.1 cm³/mol. The summed E-state index contributed by atoms with van der Waals surface area (Å²) in [7, 11) is 0. The van der Waals surface area contributed by atoms with Gasteiger partial charge in [-0.05, 0) is 52.2 Å². The molecule has 4 nitrogen and oxygen atoms in total. The second kappa shape index (κ2) is 5.59. The van der Waals surface area contributed by atoms with Crippen molar-refractivity contribution in [2.45, 2.75) is 60.0 Å². The summed E-state index contributed by atoms with van der Waals surface area (Å²) in [4.78, 5) is 14.2. The number of hydrogen-bond donors (Lipinski definition) is 0. The van der Waals surface area contributed by atoms with Crippen LogP contribution in [0.25, 0.3) is 0 Å². The van der Waals surface area contributed by atoms with Crippen molar-refractivity contribution in [3.8, 4) is 11.5 Å². The Morgan fingerprint density at radius 1 is 1.21 bits per heavy atom. The summed E-state index contributed by atoms with van der Waals surface area (Å²) in [5.41, 5.74) is 5.15. The van der Waals surface area contributed by atoms with Gasteiger partial charge in [0.1, 0.15) is 5.75 Å². The topological polar surface area (TPSA) is 53.2 Å². The molecule has 5 heteroatoms. The van der Waals surface area contributed by atoms with Crippen LogP contribution in [0.5, 0.6) is 11.5 Å². The third-order valence-corrected chi connectivity index (χ3v) is 6.33. The maximum atomic E-state index is 13.1. The third-order valence-electron chi connectivity index (χ3n) is 5.37. The van der Waals surface area contributed by atoms with E-state index in [1.54, 1.807) is 15.9 Å². The van der Waals surface area contributed by atoms with Crippen LogP contribution in [0, 0.1) is 34.6 Å². The lowest BCUT2D eigenvalue weighted by molar-refractivity contribution is -0.582. The van der Waals surface area contributed by atoms with Crippen molar-refractivity contribution in [1.82, 2.24) is 0 Å². The number of thiazole rings is 1. The van der Waals surface area contributed by atoms with Crippen LogP contribution in [0.3, 0.4) is 0 Å². The van der Waals surface area contributed by atoms with Crippen LogP contribution in [0.2, 0.25) is 0 Å². The molecule has 2 aromatic rings. The normalized spacial score (nSPS) is 19.8. The van der Waals surface area contributed by atoms with Crippen molar-refractivity contribution < 1.29 is 19.2 Å². The molecule has 0 fully saturated rings.